The molecule has 0 radical (unpaired) electrons. The second-order valence-corrected chi connectivity index (χ2v) is 3.21. The van der Waals surface area contributed by atoms with Crippen LogP contribution in [0.2, 0.25) is 0 Å². The molecule has 0 fully saturated rings. The summed E-state index contributed by atoms with van der Waals surface area (Å²) in [5, 5.41) is 18.0. The van der Waals surface area contributed by atoms with Crippen molar-refractivity contribution in [2.45, 2.75) is 6.42 Å². The Morgan fingerprint density at radius 1 is 1.42 bits per heavy atom. The second-order valence-electron chi connectivity index (χ2n) is 2.35. The molecule has 1 aliphatic rings. The van der Waals surface area contributed by atoms with E-state index in [4.69, 9.17) is 33.7 Å². The van der Waals surface area contributed by atoms with Gasteiger partial charge in [-0.3, -0.25) is 0 Å². The van der Waals surface area contributed by atoms with Gasteiger partial charge in [-0.1, -0.05) is 23.2 Å². The van der Waals surface area contributed by atoms with E-state index >= 15 is 0 Å². The summed E-state index contributed by atoms with van der Waals surface area (Å²) in [5.74, 6) is -0.440. The molecule has 0 saturated heterocycles. The van der Waals surface area contributed by atoms with Crippen molar-refractivity contribution in [1.82, 2.24) is 0 Å². The van der Waals surface area contributed by atoms with Crippen molar-refractivity contribution in [2.24, 2.45) is 5.92 Å². The lowest BCUT2D eigenvalue weighted by atomic mass is 9.94. The van der Waals surface area contributed by atoms with Crippen LogP contribution in [0.15, 0.2) is 21.7 Å². The number of rotatable bonds is 0. The molecule has 12 heavy (non-hydrogen) atoms. The molecule has 1 rings (SSSR count). The predicted molar refractivity (Wildman–Crippen MR) is 46.1 cm³/mol. The zero-order chi connectivity index (χ0) is 9.14. The zero-order valence-corrected chi connectivity index (χ0v) is 7.52. The molecule has 0 aromatic carbocycles. The SMILES string of the molecule is N#CC1=CC(Cl)=C(Cl)CC1C#N. The Bertz CT molecular complexity index is 341. The monoisotopic (exact) mass is 198 g/mol. The van der Waals surface area contributed by atoms with Crippen molar-refractivity contribution in [2.75, 3.05) is 0 Å². The van der Waals surface area contributed by atoms with Gasteiger partial charge in [0.25, 0.3) is 0 Å². The van der Waals surface area contributed by atoms with Crippen LogP contribution in [0.25, 0.3) is 0 Å². The van der Waals surface area contributed by atoms with Crippen LogP contribution in [0.1, 0.15) is 6.42 Å². The Kier molecular flexibility index (Phi) is 2.76. The van der Waals surface area contributed by atoms with Crippen LogP contribution in [-0.4, -0.2) is 0 Å². The minimum absolute atomic E-state index is 0.344. The van der Waals surface area contributed by atoms with Crippen molar-refractivity contribution in [3.63, 3.8) is 0 Å². The third-order valence-corrected chi connectivity index (χ3v) is 2.38. The molecule has 0 aromatic heterocycles. The molecule has 0 aromatic rings. The zero-order valence-electron chi connectivity index (χ0n) is 6.01. The van der Waals surface area contributed by atoms with Crippen molar-refractivity contribution in [3.05, 3.63) is 21.7 Å². The molecular formula is C8H4Cl2N2. The van der Waals surface area contributed by atoms with Crippen LogP contribution >= 0.6 is 23.2 Å². The number of hydrogen-bond acceptors (Lipinski definition) is 2. The lowest BCUT2D eigenvalue weighted by Crippen LogP contribution is -2.05. The second kappa shape index (κ2) is 3.63. The van der Waals surface area contributed by atoms with Crippen LogP contribution in [0.4, 0.5) is 0 Å². The molecule has 0 amide bonds. The molecule has 0 heterocycles. The van der Waals surface area contributed by atoms with Crippen LogP contribution in [0, 0.1) is 28.6 Å². The van der Waals surface area contributed by atoms with Crippen molar-refractivity contribution >= 4 is 23.2 Å². The highest BCUT2D eigenvalue weighted by molar-refractivity contribution is 6.40. The van der Waals surface area contributed by atoms with Gasteiger partial charge in [-0.05, 0) is 6.08 Å². The molecular weight excluding hydrogens is 195 g/mol. The van der Waals surface area contributed by atoms with Gasteiger partial charge < -0.3 is 0 Å². The van der Waals surface area contributed by atoms with Gasteiger partial charge >= 0.3 is 0 Å². The highest BCUT2D eigenvalue weighted by Gasteiger charge is 2.21. The standard InChI is InChI=1S/C8H4Cl2N2/c9-7-1-5(3-11)6(4-12)2-8(7)10/h1,6H,2H2. The third kappa shape index (κ3) is 1.61. The summed E-state index contributed by atoms with van der Waals surface area (Å²) in [4.78, 5) is 0. The van der Waals surface area contributed by atoms with Crippen molar-refractivity contribution in [1.29, 1.82) is 10.5 Å². The van der Waals surface area contributed by atoms with Crippen molar-refractivity contribution in [3.8, 4) is 12.1 Å². The topological polar surface area (TPSA) is 47.6 Å². The fourth-order valence-electron chi connectivity index (χ4n) is 0.927. The van der Waals surface area contributed by atoms with Crippen molar-refractivity contribution < 1.29 is 0 Å². The maximum absolute atomic E-state index is 8.63. The third-order valence-electron chi connectivity index (χ3n) is 1.59. The molecule has 0 saturated carbocycles. The lowest BCUT2D eigenvalue weighted by molar-refractivity contribution is 0.791. The van der Waals surface area contributed by atoms with E-state index in [-0.39, 0.29) is 0 Å². The number of nitrogens with zero attached hydrogens (tertiary/aromatic N) is 2. The first-order valence-electron chi connectivity index (χ1n) is 3.24. The lowest BCUT2D eigenvalue weighted by Gasteiger charge is -2.12. The molecule has 1 unspecified atom stereocenters. The minimum Gasteiger partial charge on any atom is -0.198 e. The normalized spacial score (nSPS) is 22.7. The highest BCUT2D eigenvalue weighted by atomic mass is 35.5. The summed E-state index contributed by atoms with van der Waals surface area (Å²) in [6.45, 7) is 0. The van der Waals surface area contributed by atoms with Gasteiger partial charge in [0.05, 0.1) is 23.1 Å². The van der Waals surface area contributed by atoms with E-state index < -0.39 is 5.92 Å². The van der Waals surface area contributed by atoms with Gasteiger partial charge in [0, 0.05) is 17.0 Å². The Hall–Kier alpha value is -0.960. The van der Waals surface area contributed by atoms with Gasteiger partial charge in [-0.2, -0.15) is 10.5 Å². The molecule has 0 aliphatic heterocycles. The van der Waals surface area contributed by atoms with E-state index in [1.807, 2.05) is 12.1 Å². The average Bonchev–Trinajstić information content (AvgIpc) is 2.09. The molecule has 1 aliphatic carbocycles. The van der Waals surface area contributed by atoms with E-state index in [1.54, 1.807) is 0 Å². The fraction of sp³-hybridized carbons (Fsp3) is 0.250. The molecule has 4 heteroatoms. The van der Waals surface area contributed by atoms with Gasteiger partial charge in [0.15, 0.2) is 0 Å². The van der Waals surface area contributed by atoms with E-state index in [0.29, 0.717) is 22.1 Å². The maximum Gasteiger partial charge on any atom is 0.0961 e. The summed E-state index contributed by atoms with van der Waals surface area (Å²) in [5.41, 5.74) is 0.381. The van der Waals surface area contributed by atoms with Gasteiger partial charge in [0.2, 0.25) is 0 Å². The first-order chi connectivity index (χ1) is 5.69. The highest BCUT2D eigenvalue weighted by Crippen LogP contribution is 2.32. The molecule has 0 spiro atoms. The van der Waals surface area contributed by atoms with E-state index in [2.05, 4.69) is 0 Å². The molecule has 0 bridgehead atoms. The summed E-state index contributed by atoms with van der Waals surface area (Å²) in [6, 6.07) is 3.91. The Morgan fingerprint density at radius 3 is 2.58 bits per heavy atom. The largest absolute Gasteiger partial charge is 0.198 e. The number of halogens is 2. The maximum atomic E-state index is 8.63. The van der Waals surface area contributed by atoms with Crippen LogP contribution in [0.3, 0.4) is 0 Å². The Balaban J connectivity index is 3.05. The summed E-state index contributed by atoms with van der Waals surface area (Å²) in [6.07, 6.45) is 1.79. The minimum atomic E-state index is -0.440. The number of hydrogen-bond donors (Lipinski definition) is 0. The predicted octanol–water partition coefficient (Wildman–Crippen LogP) is 2.67. The smallest absolute Gasteiger partial charge is 0.0961 e. The first-order valence-corrected chi connectivity index (χ1v) is 4.00. The van der Waals surface area contributed by atoms with Crippen LogP contribution < -0.4 is 0 Å². The molecule has 60 valence electrons. The Morgan fingerprint density at radius 2 is 2.08 bits per heavy atom. The molecule has 2 nitrogen and oxygen atoms in total. The average molecular weight is 199 g/mol. The van der Waals surface area contributed by atoms with E-state index in [1.165, 1.54) is 6.08 Å². The quantitative estimate of drug-likeness (QED) is 0.601. The molecule has 1 atom stereocenters. The van der Waals surface area contributed by atoms with Crippen LogP contribution in [0.5, 0.6) is 0 Å². The van der Waals surface area contributed by atoms with Gasteiger partial charge in [-0.15, -0.1) is 0 Å². The fourth-order valence-corrected chi connectivity index (χ4v) is 1.33. The summed E-state index contributed by atoms with van der Waals surface area (Å²) < 4.78 is 0. The summed E-state index contributed by atoms with van der Waals surface area (Å²) >= 11 is 11.4. The first kappa shape index (κ1) is 9.13. The number of allylic oxidation sites excluding steroid dienone is 4. The van der Waals surface area contributed by atoms with Gasteiger partial charge in [0.1, 0.15) is 0 Å². The van der Waals surface area contributed by atoms with Gasteiger partial charge in [-0.25, -0.2) is 0 Å². The van der Waals surface area contributed by atoms with Crippen LogP contribution in [-0.2, 0) is 0 Å². The molecule has 0 N–H and O–H groups in total. The van der Waals surface area contributed by atoms with E-state index in [0.717, 1.165) is 0 Å². The van der Waals surface area contributed by atoms with E-state index in [9.17, 15) is 0 Å². The number of nitriles is 2. The summed E-state index contributed by atoms with van der Waals surface area (Å²) in [7, 11) is 0. The Labute approximate surface area is 80.3 Å².